The molecule has 2 unspecified atom stereocenters. The maximum atomic E-state index is 10.5. The molecule has 0 amide bonds. The van der Waals surface area contributed by atoms with Gasteiger partial charge in [-0.05, 0) is 44.5 Å². The largest absolute Gasteiger partial charge is 0.497 e. The molecule has 1 aliphatic heterocycles. The maximum absolute atomic E-state index is 10.5. The lowest BCUT2D eigenvalue weighted by Gasteiger charge is -2.38. The van der Waals surface area contributed by atoms with Crippen LogP contribution in [0.2, 0.25) is 0 Å². The van der Waals surface area contributed by atoms with Gasteiger partial charge in [0.15, 0.2) is 5.96 Å². The van der Waals surface area contributed by atoms with E-state index in [0.717, 1.165) is 35.6 Å². The highest BCUT2D eigenvalue weighted by Gasteiger charge is 2.34. The molecule has 0 fully saturated rings. The van der Waals surface area contributed by atoms with Gasteiger partial charge in [-0.2, -0.15) is 0 Å². The van der Waals surface area contributed by atoms with Crippen LogP contribution in [0.5, 0.6) is 11.5 Å². The number of methoxy groups -OCH3 is 1. The minimum Gasteiger partial charge on any atom is -0.497 e. The highest BCUT2D eigenvalue weighted by molar-refractivity contribution is 14.0. The van der Waals surface area contributed by atoms with Crippen LogP contribution < -0.4 is 20.1 Å². The normalized spacial score (nSPS) is 18.3. The molecule has 3 rings (SSSR count). The van der Waals surface area contributed by atoms with Crippen molar-refractivity contribution in [3.05, 3.63) is 59.7 Å². The van der Waals surface area contributed by atoms with Crippen molar-refractivity contribution in [3.8, 4) is 11.5 Å². The van der Waals surface area contributed by atoms with Crippen molar-refractivity contribution in [1.29, 1.82) is 0 Å². The van der Waals surface area contributed by atoms with Gasteiger partial charge in [0.25, 0.3) is 0 Å². The second-order valence-corrected chi connectivity index (χ2v) is 7.81. The Labute approximate surface area is 196 Å². The van der Waals surface area contributed by atoms with Crippen LogP contribution in [-0.2, 0) is 0 Å². The summed E-state index contributed by atoms with van der Waals surface area (Å²) in [6, 6.07) is 15.6. The van der Waals surface area contributed by atoms with E-state index in [1.165, 1.54) is 0 Å². The number of halogens is 1. The topological polar surface area (TPSA) is 75.1 Å². The van der Waals surface area contributed by atoms with Gasteiger partial charge in [0.2, 0.25) is 0 Å². The van der Waals surface area contributed by atoms with E-state index < -0.39 is 6.10 Å². The Kier molecular flexibility index (Phi) is 8.78. The fraction of sp³-hybridized carbons (Fsp3) is 0.435. The molecule has 0 saturated carbocycles. The van der Waals surface area contributed by atoms with Gasteiger partial charge in [-0.15, -0.1) is 24.0 Å². The second-order valence-electron chi connectivity index (χ2n) is 7.81. The number of aliphatic hydroxyl groups excluding tert-OH is 1. The lowest BCUT2D eigenvalue weighted by atomic mass is 9.90. The number of hydrogen-bond acceptors (Lipinski definition) is 4. The van der Waals surface area contributed by atoms with E-state index in [1.54, 1.807) is 7.11 Å². The average Bonchev–Trinajstić information content (AvgIpc) is 2.71. The summed E-state index contributed by atoms with van der Waals surface area (Å²) in [6.45, 7) is 7.21. The van der Waals surface area contributed by atoms with Crippen molar-refractivity contribution in [3.63, 3.8) is 0 Å². The highest BCUT2D eigenvalue weighted by atomic mass is 127. The molecule has 0 bridgehead atoms. The fourth-order valence-electron chi connectivity index (χ4n) is 3.53. The lowest BCUT2D eigenvalue weighted by Crippen LogP contribution is -2.45. The number of guanidine groups is 1. The number of nitrogens with zero attached hydrogens (tertiary/aromatic N) is 1. The molecule has 2 atom stereocenters. The van der Waals surface area contributed by atoms with Gasteiger partial charge in [0.05, 0.1) is 25.8 Å². The second kappa shape index (κ2) is 10.9. The predicted molar refractivity (Wildman–Crippen MR) is 131 cm³/mol. The van der Waals surface area contributed by atoms with Crippen molar-refractivity contribution in [1.82, 2.24) is 10.6 Å². The van der Waals surface area contributed by atoms with Crippen LogP contribution in [0.3, 0.4) is 0 Å². The number of ether oxygens (including phenoxy) is 2. The molecule has 2 aromatic rings. The molecule has 0 spiro atoms. The Morgan fingerprint density at radius 2 is 1.93 bits per heavy atom. The quantitative estimate of drug-likeness (QED) is 0.300. The Morgan fingerprint density at radius 1 is 1.23 bits per heavy atom. The van der Waals surface area contributed by atoms with E-state index in [0.29, 0.717) is 5.96 Å². The van der Waals surface area contributed by atoms with E-state index in [2.05, 4.69) is 35.5 Å². The van der Waals surface area contributed by atoms with Gasteiger partial charge in [0, 0.05) is 18.5 Å². The van der Waals surface area contributed by atoms with Crippen LogP contribution in [-0.4, -0.2) is 36.9 Å². The first kappa shape index (κ1) is 24.3. The summed E-state index contributed by atoms with van der Waals surface area (Å²) in [6.07, 6.45) is 0.130. The van der Waals surface area contributed by atoms with Crippen molar-refractivity contribution >= 4 is 29.9 Å². The van der Waals surface area contributed by atoms with Gasteiger partial charge in [0.1, 0.15) is 17.1 Å². The van der Waals surface area contributed by atoms with Gasteiger partial charge < -0.3 is 25.2 Å². The number of aliphatic imine (C=N–C) groups is 1. The molecule has 30 heavy (non-hydrogen) atoms. The Hall–Kier alpha value is -2.00. The van der Waals surface area contributed by atoms with Gasteiger partial charge in [-0.3, -0.25) is 4.99 Å². The molecule has 0 aliphatic carbocycles. The van der Waals surface area contributed by atoms with Gasteiger partial charge in [-0.1, -0.05) is 30.3 Å². The van der Waals surface area contributed by atoms with Crippen LogP contribution in [0.15, 0.2) is 53.5 Å². The minimum absolute atomic E-state index is 0. The molecule has 164 valence electrons. The monoisotopic (exact) mass is 525 g/mol. The molecule has 3 N–H and O–H groups in total. The van der Waals surface area contributed by atoms with E-state index >= 15 is 0 Å². The van der Waals surface area contributed by atoms with Crippen LogP contribution in [0, 0.1) is 0 Å². The molecular weight excluding hydrogens is 493 g/mol. The number of rotatable bonds is 6. The third kappa shape index (κ3) is 6.25. The van der Waals surface area contributed by atoms with E-state index in [-0.39, 0.29) is 42.2 Å². The first-order valence-electron chi connectivity index (χ1n) is 10.1. The highest BCUT2D eigenvalue weighted by Crippen LogP contribution is 2.39. The molecule has 6 nitrogen and oxygen atoms in total. The van der Waals surface area contributed by atoms with Crippen molar-refractivity contribution < 1.29 is 14.6 Å². The fourth-order valence-corrected chi connectivity index (χ4v) is 3.53. The number of fused-ring (bicyclic) bond motifs is 1. The van der Waals surface area contributed by atoms with Crippen molar-refractivity contribution in [2.24, 2.45) is 4.99 Å². The molecule has 7 heteroatoms. The SMILES string of the molecule is CCNC(=NCC(O)c1ccc(OC)cc1)NC1CC(C)(C)Oc2ccccc21.I. The average molecular weight is 525 g/mol. The summed E-state index contributed by atoms with van der Waals surface area (Å²) in [5, 5.41) is 17.3. The van der Waals surface area contributed by atoms with E-state index in [9.17, 15) is 5.11 Å². The molecule has 0 aromatic heterocycles. The summed E-state index contributed by atoms with van der Waals surface area (Å²) in [5.41, 5.74) is 1.66. The summed E-state index contributed by atoms with van der Waals surface area (Å²) in [4.78, 5) is 4.62. The molecule has 1 heterocycles. The van der Waals surface area contributed by atoms with Gasteiger partial charge in [-0.25, -0.2) is 0 Å². The van der Waals surface area contributed by atoms with Crippen LogP contribution in [0.25, 0.3) is 0 Å². The first-order chi connectivity index (χ1) is 13.9. The van der Waals surface area contributed by atoms with Crippen LogP contribution in [0.1, 0.15) is 50.5 Å². The third-order valence-corrected chi connectivity index (χ3v) is 4.95. The molecule has 1 aliphatic rings. The zero-order valence-corrected chi connectivity index (χ0v) is 20.3. The standard InChI is InChI=1S/C23H31N3O3.HI/c1-5-24-22(25-15-20(27)16-10-12-17(28-4)13-11-16)26-19-14-23(2,3)29-21-9-7-6-8-18(19)21;/h6-13,19-20,27H,5,14-15H2,1-4H3,(H2,24,25,26);1H. The lowest BCUT2D eigenvalue weighted by molar-refractivity contribution is 0.0693. The number of nitrogens with one attached hydrogen (secondary N) is 2. The number of hydrogen-bond donors (Lipinski definition) is 3. The number of para-hydroxylation sites is 1. The number of benzene rings is 2. The summed E-state index contributed by atoms with van der Waals surface area (Å²) < 4.78 is 11.3. The Morgan fingerprint density at radius 3 is 2.60 bits per heavy atom. The molecular formula is C23H32IN3O3. The summed E-state index contributed by atoms with van der Waals surface area (Å²) in [7, 11) is 1.62. The summed E-state index contributed by atoms with van der Waals surface area (Å²) >= 11 is 0. The van der Waals surface area contributed by atoms with Crippen molar-refractivity contribution in [2.75, 3.05) is 20.2 Å². The molecule has 0 saturated heterocycles. The van der Waals surface area contributed by atoms with Crippen LogP contribution in [0.4, 0.5) is 0 Å². The van der Waals surface area contributed by atoms with E-state index in [1.807, 2.05) is 49.4 Å². The summed E-state index contributed by atoms with van der Waals surface area (Å²) in [5.74, 6) is 2.34. The predicted octanol–water partition coefficient (Wildman–Crippen LogP) is 4.20. The van der Waals surface area contributed by atoms with E-state index in [4.69, 9.17) is 9.47 Å². The zero-order valence-electron chi connectivity index (χ0n) is 18.0. The van der Waals surface area contributed by atoms with Crippen molar-refractivity contribution in [2.45, 2.75) is 44.9 Å². The minimum atomic E-state index is -0.685. The smallest absolute Gasteiger partial charge is 0.191 e. The van der Waals surface area contributed by atoms with Gasteiger partial charge >= 0.3 is 0 Å². The third-order valence-electron chi connectivity index (χ3n) is 4.95. The maximum Gasteiger partial charge on any atom is 0.191 e. The Bertz CT molecular complexity index is 840. The molecule has 0 radical (unpaired) electrons. The number of aliphatic hydroxyl groups is 1. The molecule has 2 aromatic carbocycles. The van der Waals surface area contributed by atoms with Crippen LogP contribution >= 0.6 is 24.0 Å². The first-order valence-corrected chi connectivity index (χ1v) is 10.1. The Balaban J connectivity index is 0.00000320. The zero-order chi connectivity index (χ0) is 20.9.